The Morgan fingerprint density at radius 1 is 1.10 bits per heavy atom. The van der Waals surface area contributed by atoms with Crippen LogP contribution >= 0.6 is 0 Å². The van der Waals surface area contributed by atoms with Crippen LogP contribution in [0.4, 0.5) is 14.5 Å². The minimum Gasteiger partial charge on any atom is -0.382 e. The van der Waals surface area contributed by atoms with Gasteiger partial charge in [-0.25, -0.2) is 8.78 Å². The summed E-state index contributed by atoms with van der Waals surface area (Å²) < 4.78 is 37.5. The summed E-state index contributed by atoms with van der Waals surface area (Å²) in [6.07, 6.45) is 3.57. The molecule has 2 aliphatic rings. The average Bonchev–Trinajstić information content (AvgIpc) is 2.44. The van der Waals surface area contributed by atoms with Crippen molar-refractivity contribution in [1.29, 1.82) is 0 Å². The lowest BCUT2D eigenvalue weighted by Crippen LogP contribution is -2.47. The van der Waals surface area contributed by atoms with E-state index in [-0.39, 0.29) is 11.6 Å². The van der Waals surface area contributed by atoms with Gasteiger partial charge < -0.3 is 14.8 Å². The molecule has 3 rings (SSSR count). The molecule has 0 bridgehead atoms. The molecule has 2 fully saturated rings. The van der Waals surface area contributed by atoms with Gasteiger partial charge >= 0.3 is 0 Å². The summed E-state index contributed by atoms with van der Waals surface area (Å²) in [6, 6.07) is 4.17. The maximum absolute atomic E-state index is 13.2. The molecule has 0 saturated carbocycles. The van der Waals surface area contributed by atoms with Gasteiger partial charge in [0.05, 0.1) is 5.60 Å². The van der Waals surface area contributed by atoms with E-state index in [1.807, 2.05) is 0 Å². The quantitative estimate of drug-likeness (QED) is 0.904. The van der Waals surface area contributed by atoms with Crippen LogP contribution in [-0.4, -0.2) is 31.5 Å². The van der Waals surface area contributed by atoms with Crippen LogP contribution in [0.25, 0.3) is 0 Å². The summed E-state index contributed by atoms with van der Waals surface area (Å²) in [5.74, 6) is -1.63. The third kappa shape index (κ3) is 2.94. The van der Waals surface area contributed by atoms with Crippen LogP contribution in [-0.2, 0) is 9.47 Å². The van der Waals surface area contributed by atoms with Crippen LogP contribution < -0.4 is 5.32 Å². The van der Waals surface area contributed by atoms with Crippen LogP contribution in [0.1, 0.15) is 25.7 Å². The number of hydrogen-bond acceptors (Lipinski definition) is 3. The molecule has 0 aliphatic carbocycles. The molecule has 2 aliphatic heterocycles. The van der Waals surface area contributed by atoms with Crippen molar-refractivity contribution < 1.29 is 18.3 Å². The molecule has 1 N–H and O–H groups in total. The largest absolute Gasteiger partial charge is 0.382 e. The number of nitrogens with one attached hydrogen (secondary N) is 1. The highest BCUT2D eigenvalue weighted by Gasteiger charge is 2.38. The smallest absolute Gasteiger partial charge is 0.160 e. The monoisotopic (exact) mass is 283 g/mol. The highest BCUT2D eigenvalue weighted by Crippen LogP contribution is 2.35. The molecule has 1 aromatic carbocycles. The molecular formula is C15H19F2NO2. The lowest BCUT2D eigenvalue weighted by Gasteiger charge is -2.43. The van der Waals surface area contributed by atoms with E-state index in [9.17, 15) is 8.78 Å². The van der Waals surface area contributed by atoms with E-state index in [1.165, 1.54) is 6.07 Å². The zero-order valence-electron chi connectivity index (χ0n) is 11.3. The second kappa shape index (κ2) is 5.66. The summed E-state index contributed by atoms with van der Waals surface area (Å²) in [5, 5.41) is 3.29. The third-order valence-corrected chi connectivity index (χ3v) is 4.19. The van der Waals surface area contributed by atoms with Gasteiger partial charge in [0, 0.05) is 37.6 Å². The number of anilines is 1. The van der Waals surface area contributed by atoms with Gasteiger partial charge in [-0.3, -0.25) is 0 Å². The molecule has 0 aromatic heterocycles. The van der Waals surface area contributed by atoms with E-state index in [1.54, 1.807) is 6.07 Å². The van der Waals surface area contributed by atoms with Gasteiger partial charge in [0.1, 0.15) is 0 Å². The fourth-order valence-electron chi connectivity index (χ4n) is 3.06. The van der Waals surface area contributed by atoms with Crippen molar-refractivity contribution in [3.05, 3.63) is 29.8 Å². The van der Waals surface area contributed by atoms with Crippen molar-refractivity contribution >= 4 is 5.69 Å². The van der Waals surface area contributed by atoms with Crippen molar-refractivity contribution in [3.8, 4) is 0 Å². The molecule has 2 heterocycles. The molecule has 20 heavy (non-hydrogen) atoms. The number of benzene rings is 1. The summed E-state index contributed by atoms with van der Waals surface area (Å²) in [7, 11) is 0. The standard InChI is InChI=1S/C15H19F2NO2/c16-13-2-1-11(9-14(13)17)18-12-3-6-20-15(10-12)4-7-19-8-5-15/h1-2,9,12,18H,3-8,10H2. The molecule has 0 amide bonds. The van der Waals surface area contributed by atoms with Crippen LogP contribution in [0.2, 0.25) is 0 Å². The average molecular weight is 283 g/mol. The number of hydrogen-bond donors (Lipinski definition) is 1. The Kier molecular flexibility index (Phi) is 3.89. The van der Waals surface area contributed by atoms with E-state index in [0.29, 0.717) is 12.3 Å². The molecule has 5 heteroatoms. The second-order valence-corrected chi connectivity index (χ2v) is 5.61. The van der Waals surface area contributed by atoms with Crippen molar-refractivity contribution in [2.24, 2.45) is 0 Å². The van der Waals surface area contributed by atoms with Gasteiger partial charge in [0.15, 0.2) is 11.6 Å². The fraction of sp³-hybridized carbons (Fsp3) is 0.600. The highest BCUT2D eigenvalue weighted by atomic mass is 19.2. The van der Waals surface area contributed by atoms with Gasteiger partial charge in [-0.15, -0.1) is 0 Å². The Morgan fingerprint density at radius 2 is 1.90 bits per heavy atom. The molecular weight excluding hydrogens is 264 g/mol. The van der Waals surface area contributed by atoms with Gasteiger partial charge in [-0.2, -0.15) is 0 Å². The predicted octanol–water partition coefficient (Wildman–Crippen LogP) is 3.10. The first-order chi connectivity index (χ1) is 9.67. The predicted molar refractivity (Wildman–Crippen MR) is 71.7 cm³/mol. The molecule has 1 unspecified atom stereocenters. The van der Waals surface area contributed by atoms with Crippen molar-refractivity contribution in [3.63, 3.8) is 0 Å². The van der Waals surface area contributed by atoms with Crippen molar-refractivity contribution in [2.45, 2.75) is 37.3 Å². The molecule has 3 nitrogen and oxygen atoms in total. The normalized spacial score (nSPS) is 25.6. The van der Waals surface area contributed by atoms with Crippen molar-refractivity contribution in [1.82, 2.24) is 0 Å². The van der Waals surface area contributed by atoms with E-state index < -0.39 is 11.6 Å². The molecule has 110 valence electrons. The Bertz CT molecular complexity index is 469. The summed E-state index contributed by atoms with van der Waals surface area (Å²) in [5.41, 5.74) is 0.519. The van der Waals surface area contributed by atoms with Gasteiger partial charge in [-0.05, 0) is 37.8 Å². The van der Waals surface area contributed by atoms with Crippen LogP contribution in [0.15, 0.2) is 18.2 Å². The summed E-state index contributed by atoms with van der Waals surface area (Å²) in [6.45, 7) is 2.16. The van der Waals surface area contributed by atoms with Crippen LogP contribution in [0, 0.1) is 11.6 Å². The first-order valence-corrected chi connectivity index (χ1v) is 7.10. The first kappa shape index (κ1) is 13.8. The highest BCUT2D eigenvalue weighted by molar-refractivity contribution is 5.44. The number of ether oxygens (including phenoxy) is 2. The minimum absolute atomic E-state index is 0.104. The van der Waals surface area contributed by atoms with E-state index in [2.05, 4.69) is 5.32 Å². The van der Waals surface area contributed by atoms with Gasteiger partial charge in [0.2, 0.25) is 0 Å². The summed E-state index contributed by atoms with van der Waals surface area (Å²) in [4.78, 5) is 0. The zero-order chi connectivity index (χ0) is 14.0. The molecule has 1 atom stereocenters. The maximum atomic E-state index is 13.2. The number of rotatable bonds is 2. The Hall–Kier alpha value is -1.20. The third-order valence-electron chi connectivity index (χ3n) is 4.19. The SMILES string of the molecule is Fc1ccc(NC2CCOC3(CCOCC3)C2)cc1F. The minimum atomic E-state index is -0.817. The lowest BCUT2D eigenvalue weighted by molar-refractivity contribution is -0.135. The molecule has 0 radical (unpaired) electrons. The molecule has 1 aromatic rings. The first-order valence-electron chi connectivity index (χ1n) is 7.10. The molecule has 1 spiro atoms. The van der Waals surface area contributed by atoms with Gasteiger partial charge in [-0.1, -0.05) is 0 Å². The number of halogens is 2. The Labute approximate surface area is 117 Å². The fourth-order valence-corrected chi connectivity index (χ4v) is 3.06. The van der Waals surface area contributed by atoms with Crippen LogP contribution in [0.5, 0.6) is 0 Å². The van der Waals surface area contributed by atoms with Gasteiger partial charge in [0.25, 0.3) is 0 Å². The van der Waals surface area contributed by atoms with Crippen molar-refractivity contribution in [2.75, 3.05) is 25.1 Å². The zero-order valence-corrected chi connectivity index (χ0v) is 11.3. The maximum Gasteiger partial charge on any atom is 0.160 e. The van der Waals surface area contributed by atoms with E-state index in [4.69, 9.17) is 9.47 Å². The molecule has 2 saturated heterocycles. The Balaban J connectivity index is 1.66. The topological polar surface area (TPSA) is 30.5 Å². The van der Waals surface area contributed by atoms with E-state index in [0.717, 1.165) is 45.0 Å². The van der Waals surface area contributed by atoms with Crippen LogP contribution in [0.3, 0.4) is 0 Å². The van der Waals surface area contributed by atoms with E-state index >= 15 is 0 Å². The Morgan fingerprint density at radius 3 is 2.65 bits per heavy atom. The lowest BCUT2D eigenvalue weighted by atomic mass is 9.84. The summed E-state index contributed by atoms with van der Waals surface area (Å²) >= 11 is 0. The second-order valence-electron chi connectivity index (χ2n) is 5.61.